The lowest BCUT2D eigenvalue weighted by atomic mass is 9.92. The molecule has 3 rings (SSSR count). The first-order valence-electron chi connectivity index (χ1n) is 9.30. The molecule has 1 aromatic rings. The molecular formula is C19H24ClN3O4. The summed E-state index contributed by atoms with van der Waals surface area (Å²) in [4.78, 5) is 39.5. The largest absolute Gasteiger partial charge is 0.396 e. The summed E-state index contributed by atoms with van der Waals surface area (Å²) in [7, 11) is 0. The van der Waals surface area contributed by atoms with Gasteiger partial charge in [-0.25, -0.2) is 4.79 Å². The monoisotopic (exact) mass is 393 g/mol. The predicted octanol–water partition coefficient (Wildman–Crippen LogP) is 2.41. The maximum absolute atomic E-state index is 12.9. The summed E-state index contributed by atoms with van der Waals surface area (Å²) in [6, 6.07) is 4.38. The average molecular weight is 394 g/mol. The lowest BCUT2D eigenvalue weighted by molar-refractivity contribution is -0.120. The third-order valence-corrected chi connectivity index (χ3v) is 5.53. The SMILES string of the molecule is O=C1CCN(c2cc(C(=O)N3CCC(CCCO)CC3)ccc2Cl)C(=O)N1. The molecule has 2 saturated heterocycles. The summed E-state index contributed by atoms with van der Waals surface area (Å²) in [5.41, 5.74) is 0.915. The number of aliphatic hydroxyl groups is 1. The second-order valence-corrected chi connectivity index (χ2v) is 7.43. The van der Waals surface area contributed by atoms with E-state index in [2.05, 4.69) is 5.32 Å². The van der Waals surface area contributed by atoms with Gasteiger partial charge in [0, 0.05) is 38.2 Å². The summed E-state index contributed by atoms with van der Waals surface area (Å²) >= 11 is 6.24. The molecule has 146 valence electrons. The number of nitrogens with zero attached hydrogens (tertiary/aromatic N) is 2. The fourth-order valence-corrected chi connectivity index (χ4v) is 3.85. The van der Waals surface area contributed by atoms with Gasteiger partial charge in [0.25, 0.3) is 5.91 Å². The van der Waals surface area contributed by atoms with Crippen LogP contribution in [0.4, 0.5) is 10.5 Å². The number of carbonyl (C=O) groups excluding carboxylic acids is 3. The lowest BCUT2D eigenvalue weighted by Crippen LogP contribution is -2.49. The minimum atomic E-state index is -0.526. The molecule has 0 atom stereocenters. The maximum Gasteiger partial charge on any atom is 0.328 e. The fourth-order valence-electron chi connectivity index (χ4n) is 3.63. The van der Waals surface area contributed by atoms with Crippen molar-refractivity contribution in [2.75, 3.05) is 31.1 Å². The number of rotatable bonds is 5. The van der Waals surface area contributed by atoms with Gasteiger partial charge in [0.2, 0.25) is 5.91 Å². The van der Waals surface area contributed by atoms with E-state index >= 15 is 0 Å². The number of imide groups is 1. The molecule has 1 aromatic carbocycles. The number of aliphatic hydroxyl groups excluding tert-OH is 1. The fraction of sp³-hybridized carbons (Fsp3) is 0.526. The van der Waals surface area contributed by atoms with E-state index in [-0.39, 0.29) is 31.4 Å². The van der Waals surface area contributed by atoms with Gasteiger partial charge in [-0.1, -0.05) is 11.6 Å². The van der Waals surface area contributed by atoms with Crippen LogP contribution in [0.15, 0.2) is 18.2 Å². The van der Waals surface area contributed by atoms with Crippen LogP contribution in [0.3, 0.4) is 0 Å². The molecule has 0 aliphatic carbocycles. The number of benzene rings is 1. The Kier molecular flexibility index (Phi) is 6.34. The van der Waals surface area contributed by atoms with E-state index in [0.29, 0.717) is 35.3 Å². The van der Waals surface area contributed by atoms with E-state index in [4.69, 9.17) is 16.7 Å². The van der Waals surface area contributed by atoms with Gasteiger partial charge in [-0.3, -0.25) is 19.8 Å². The van der Waals surface area contributed by atoms with Crippen LogP contribution in [0.1, 0.15) is 42.5 Å². The van der Waals surface area contributed by atoms with Crippen molar-refractivity contribution in [1.29, 1.82) is 0 Å². The lowest BCUT2D eigenvalue weighted by Gasteiger charge is -2.32. The number of hydrogen-bond acceptors (Lipinski definition) is 4. The molecule has 4 amide bonds. The van der Waals surface area contributed by atoms with Crippen molar-refractivity contribution in [3.05, 3.63) is 28.8 Å². The third-order valence-electron chi connectivity index (χ3n) is 5.21. The molecule has 2 N–H and O–H groups in total. The highest BCUT2D eigenvalue weighted by molar-refractivity contribution is 6.34. The van der Waals surface area contributed by atoms with E-state index in [1.165, 1.54) is 4.90 Å². The minimum Gasteiger partial charge on any atom is -0.396 e. The molecular weight excluding hydrogens is 370 g/mol. The topological polar surface area (TPSA) is 90.0 Å². The van der Waals surface area contributed by atoms with Crippen LogP contribution >= 0.6 is 11.6 Å². The molecule has 8 heteroatoms. The Balaban J connectivity index is 1.69. The van der Waals surface area contributed by atoms with E-state index in [1.807, 2.05) is 4.90 Å². The molecule has 0 unspecified atom stereocenters. The van der Waals surface area contributed by atoms with Crippen LogP contribution in [0.5, 0.6) is 0 Å². The number of hydrogen-bond donors (Lipinski definition) is 2. The Morgan fingerprint density at radius 3 is 2.63 bits per heavy atom. The zero-order valence-electron chi connectivity index (χ0n) is 15.1. The summed E-state index contributed by atoms with van der Waals surface area (Å²) in [6.45, 7) is 1.82. The zero-order valence-corrected chi connectivity index (χ0v) is 15.9. The number of likely N-dealkylation sites (tertiary alicyclic amines) is 1. The average Bonchev–Trinajstić information content (AvgIpc) is 2.67. The smallest absolute Gasteiger partial charge is 0.328 e. The second kappa shape index (κ2) is 8.71. The van der Waals surface area contributed by atoms with Crippen molar-refractivity contribution in [3.63, 3.8) is 0 Å². The quantitative estimate of drug-likeness (QED) is 0.803. The van der Waals surface area contributed by atoms with Crippen LogP contribution < -0.4 is 10.2 Å². The van der Waals surface area contributed by atoms with Crippen LogP contribution in [0.25, 0.3) is 0 Å². The van der Waals surface area contributed by atoms with E-state index in [1.54, 1.807) is 18.2 Å². The zero-order chi connectivity index (χ0) is 19.4. The molecule has 2 aliphatic heterocycles. The van der Waals surface area contributed by atoms with Crippen molar-refractivity contribution in [2.24, 2.45) is 5.92 Å². The first kappa shape index (κ1) is 19.6. The van der Waals surface area contributed by atoms with Crippen LogP contribution in [-0.2, 0) is 4.79 Å². The summed E-state index contributed by atoms with van der Waals surface area (Å²) < 4.78 is 0. The Bertz CT molecular complexity index is 732. The van der Waals surface area contributed by atoms with Gasteiger partial charge in [-0.2, -0.15) is 0 Å². The summed E-state index contributed by atoms with van der Waals surface area (Å²) in [6.07, 6.45) is 3.86. The van der Waals surface area contributed by atoms with Gasteiger partial charge >= 0.3 is 6.03 Å². The third kappa shape index (κ3) is 4.59. The van der Waals surface area contributed by atoms with Crippen molar-refractivity contribution < 1.29 is 19.5 Å². The van der Waals surface area contributed by atoms with E-state index in [0.717, 1.165) is 25.7 Å². The van der Waals surface area contributed by atoms with Crippen molar-refractivity contribution >= 4 is 35.1 Å². The summed E-state index contributed by atoms with van der Waals surface area (Å²) in [5, 5.41) is 11.6. The van der Waals surface area contributed by atoms with Crippen molar-refractivity contribution in [1.82, 2.24) is 10.2 Å². The highest BCUT2D eigenvalue weighted by Crippen LogP contribution is 2.30. The Hall–Kier alpha value is -2.12. The van der Waals surface area contributed by atoms with Crippen LogP contribution in [0, 0.1) is 5.92 Å². The minimum absolute atomic E-state index is 0.0815. The second-order valence-electron chi connectivity index (χ2n) is 7.02. The first-order valence-corrected chi connectivity index (χ1v) is 9.68. The molecule has 0 radical (unpaired) electrons. The number of piperidine rings is 1. The van der Waals surface area contributed by atoms with Gasteiger partial charge in [-0.05, 0) is 49.8 Å². The predicted molar refractivity (Wildman–Crippen MR) is 102 cm³/mol. The number of amides is 4. The normalized spacial score (nSPS) is 18.6. The summed E-state index contributed by atoms with van der Waals surface area (Å²) in [5.74, 6) is 0.155. The molecule has 0 saturated carbocycles. The molecule has 27 heavy (non-hydrogen) atoms. The highest BCUT2D eigenvalue weighted by Gasteiger charge is 2.28. The van der Waals surface area contributed by atoms with Crippen LogP contribution in [0.2, 0.25) is 5.02 Å². The molecule has 0 spiro atoms. The Morgan fingerprint density at radius 1 is 1.22 bits per heavy atom. The molecule has 2 aliphatic rings. The molecule has 2 heterocycles. The van der Waals surface area contributed by atoms with E-state index < -0.39 is 6.03 Å². The highest BCUT2D eigenvalue weighted by atomic mass is 35.5. The van der Waals surface area contributed by atoms with Crippen molar-refractivity contribution in [2.45, 2.75) is 32.1 Å². The van der Waals surface area contributed by atoms with Gasteiger partial charge in [0.05, 0.1) is 10.7 Å². The van der Waals surface area contributed by atoms with Crippen molar-refractivity contribution in [3.8, 4) is 0 Å². The molecule has 0 bridgehead atoms. The van der Waals surface area contributed by atoms with Gasteiger partial charge in [0.1, 0.15) is 0 Å². The maximum atomic E-state index is 12.9. The number of carbonyl (C=O) groups is 3. The first-order chi connectivity index (χ1) is 13.0. The number of halogens is 1. The molecule has 7 nitrogen and oxygen atoms in total. The van der Waals surface area contributed by atoms with Gasteiger partial charge < -0.3 is 10.0 Å². The van der Waals surface area contributed by atoms with Gasteiger partial charge in [-0.15, -0.1) is 0 Å². The molecule has 2 fully saturated rings. The van der Waals surface area contributed by atoms with Gasteiger partial charge in [0.15, 0.2) is 0 Å². The Labute approximate surface area is 163 Å². The number of anilines is 1. The Morgan fingerprint density at radius 2 is 1.96 bits per heavy atom. The number of urea groups is 1. The van der Waals surface area contributed by atoms with Crippen LogP contribution in [-0.4, -0.2) is 54.1 Å². The number of nitrogens with one attached hydrogen (secondary N) is 1. The standard InChI is InChI=1S/C19H24ClN3O4/c20-15-4-3-14(12-16(15)23-10-7-17(25)21-19(23)27)18(26)22-8-5-13(6-9-22)2-1-11-24/h3-4,12-13,24H,1-2,5-11H2,(H,21,25,27). The molecule has 0 aromatic heterocycles. The van der Waals surface area contributed by atoms with E-state index in [9.17, 15) is 14.4 Å².